The number of nitrogens with one attached hydrogen (secondary N) is 1. The molecule has 0 aliphatic carbocycles. The van der Waals surface area contributed by atoms with Crippen molar-refractivity contribution in [3.8, 4) is 0 Å². The van der Waals surface area contributed by atoms with E-state index in [0.29, 0.717) is 13.1 Å². The van der Waals surface area contributed by atoms with Crippen LogP contribution in [0.15, 0.2) is 30.3 Å². The van der Waals surface area contributed by atoms with Gasteiger partial charge in [0.05, 0.1) is 5.92 Å². The molecule has 2 rings (SSSR count). The molecule has 1 aromatic rings. The summed E-state index contributed by atoms with van der Waals surface area (Å²) in [7, 11) is 0. The van der Waals surface area contributed by atoms with E-state index in [1.807, 2.05) is 23.1 Å². The summed E-state index contributed by atoms with van der Waals surface area (Å²) < 4.78 is 0. The lowest BCUT2D eigenvalue weighted by molar-refractivity contribution is -0.136. The third-order valence-corrected chi connectivity index (χ3v) is 3.81. The highest BCUT2D eigenvalue weighted by atomic mass is 16.2. The molecule has 1 aliphatic heterocycles. The fourth-order valence-electron chi connectivity index (χ4n) is 2.67. The topological polar surface area (TPSA) is 58.4 Å². The quantitative estimate of drug-likeness (QED) is 0.824. The van der Waals surface area contributed by atoms with Gasteiger partial charge in [-0.3, -0.25) is 4.79 Å². The van der Waals surface area contributed by atoms with Crippen molar-refractivity contribution in [2.75, 3.05) is 26.2 Å². The molecule has 1 saturated heterocycles. The van der Waals surface area contributed by atoms with E-state index in [2.05, 4.69) is 17.4 Å². The van der Waals surface area contributed by atoms with E-state index in [-0.39, 0.29) is 11.8 Å². The molecule has 0 spiro atoms. The first-order valence-electron chi connectivity index (χ1n) is 7.54. The number of hydrogen-bond donors (Lipinski definition) is 2. The van der Waals surface area contributed by atoms with Crippen LogP contribution in [0.2, 0.25) is 0 Å². The van der Waals surface area contributed by atoms with E-state index in [4.69, 9.17) is 5.73 Å². The van der Waals surface area contributed by atoms with Gasteiger partial charge < -0.3 is 16.0 Å². The Morgan fingerprint density at radius 2 is 2.15 bits per heavy atom. The zero-order valence-corrected chi connectivity index (χ0v) is 12.1. The Morgan fingerprint density at radius 1 is 1.35 bits per heavy atom. The second-order valence-electron chi connectivity index (χ2n) is 5.43. The van der Waals surface area contributed by atoms with Gasteiger partial charge in [-0.15, -0.1) is 0 Å². The fourth-order valence-corrected chi connectivity index (χ4v) is 2.67. The van der Waals surface area contributed by atoms with Gasteiger partial charge in [0.2, 0.25) is 5.91 Å². The molecule has 1 heterocycles. The summed E-state index contributed by atoms with van der Waals surface area (Å²) in [6.45, 7) is 3.91. The first kappa shape index (κ1) is 15.0. The molecule has 1 atom stereocenters. The number of benzene rings is 1. The maximum absolute atomic E-state index is 12.7. The Labute approximate surface area is 121 Å². The van der Waals surface area contributed by atoms with Crippen LogP contribution in [-0.2, 0) is 11.3 Å². The zero-order chi connectivity index (χ0) is 14.2. The van der Waals surface area contributed by atoms with Crippen molar-refractivity contribution in [2.45, 2.75) is 25.8 Å². The van der Waals surface area contributed by atoms with Crippen LogP contribution in [0.5, 0.6) is 0 Å². The average molecular weight is 275 g/mol. The van der Waals surface area contributed by atoms with E-state index in [1.165, 1.54) is 5.56 Å². The third-order valence-electron chi connectivity index (χ3n) is 3.81. The molecule has 3 N–H and O–H groups in total. The maximum Gasteiger partial charge on any atom is 0.227 e. The van der Waals surface area contributed by atoms with Crippen molar-refractivity contribution in [1.29, 1.82) is 0 Å². The lowest BCUT2D eigenvalue weighted by Crippen LogP contribution is -2.43. The SMILES string of the molecule is NCCCN(Cc1ccccc1)C(=O)C1CCCNC1. The standard InChI is InChI=1S/C16H25N3O/c17-9-5-11-19(13-14-6-2-1-3-7-14)16(20)15-8-4-10-18-12-15/h1-3,6-7,15,18H,4-5,8-13,17H2. The predicted octanol–water partition coefficient (Wildman–Crippen LogP) is 1.36. The summed E-state index contributed by atoms with van der Waals surface area (Å²) in [6.07, 6.45) is 2.95. The van der Waals surface area contributed by atoms with Crippen LogP contribution in [0.1, 0.15) is 24.8 Å². The Bertz CT molecular complexity index is 401. The minimum absolute atomic E-state index is 0.130. The Balaban J connectivity index is 2.00. The van der Waals surface area contributed by atoms with E-state index < -0.39 is 0 Å². The summed E-state index contributed by atoms with van der Waals surface area (Å²) >= 11 is 0. The first-order chi connectivity index (χ1) is 9.81. The molecule has 4 heteroatoms. The molecule has 1 aromatic carbocycles. The molecule has 0 bridgehead atoms. The van der Waals surface area contributed by atoms with Gasteiger partial charge in [-0.2, -0.15) is 0 Å². The van der Waals surface area contributed by atoms with Crippen LogP contribution in [0.4, 0.5) is 0 Å². The van der Waals surface area contributed by atoms with Gasteiger partial charge in [-0.25, -0.2) is 0 Å². The van der Waals surface area contributed by atoms with Crippen molar-refractivity contribution in [3.63, 3.8) is 0 Å². The van der Waals surface area contributed by atoms with Crippen LogP contribution < -0.4 is 11.1 Å². The molecular formula is C16H25N3O. The second-order valence-corrected chi connectivity index (χ2v) is 5.43. The molecule has 1 aliphatic rings. The van der Waals surface area contributed by atoms with Gasteiger partial charge in [-0.05, 0) is 37.9 Å². The average Bonchev–Trinajstić information content (AvgIpc) is 2.52. The number of hydrogen-bond acceptors (Lipinski definition) is 3. The molecule has 1 amide bonds. The normalized spacial score (nSPS) is 18.8. The number of rotatable bonds is 6. The van der Waals surface area contributed by atoms with Crippen LogP contribution in [0.25, 0.3) is 0 Å². The van der Waals surface area contributed by atoms with Gasteiger partial charge in [0.25, 0.3) is 0 Å². The monoisotopic (exact) mass is 275 g/mol. The summed E-state index contributed by atoms with van der Waals surface area (Å²) in [6, 6.07) is 10.2. The minimum Gasteiger partial charge on any atom is -0.338 e. The molecule has 110 valence electrons. The molecule has 1 unspecified atom stereocenters. The van der Waals surface area contributed by atoms with Crippen molar-refractivity contribution in [3.05, 3.63) is 35.9 Å². The smallest absolute Gasteiger partial charge is 0.227 e. The lowest BCUT2D eigenvalue weighted by atomic mass is 9.97. The van der Waals surface area contributed by atoms with Gasteiger partial charge in [0.1, 0.15) is 0 Å². The number of carbonyl (C=O) groups is 1. The van der Waals surface area contributed by atoms with Crippen molar-refractivity contribution >= 4 is 5.91 Å². The van der Waals surface area contributed by atoms with Crippen molar-refractivity contribution in [2.24, 2.45) is 11.7 Å². The number of amides is 1. The largest absolute Gasteiger partial charge is 0.338 e. The summed E-state index contributed by atoms with van der Waals surface area (Å²) in [4.78, 5) is 14.6. The Kier molecular flexibility index (Phi) is 6.02. The zero-order valence-electron chi connectivity index (χ0n) is 12.1. The minimum atomic E-state index is 0.130. The van der Waals surface area contributed by atoms with Crippen LogP contribution in [-0.4, -0.2) is 37.0 Å². The van der Waals surface area contributed by atoms with Gasteiger partial charge >= 0.3 is 0 Å². The number of nitrogens with two attached hydrogens (primary N) is 1. The number of nitrogens with zero attached hydrogens (tertiary/aromatic N) is 1. The highest BCUT2D eigenvalue weighted by Crippen LogP contribution is 2.16. The van der Waals surface area contributed by atoms with Gasteiger partial charge in [0, 0.05) is 19.6 Å². The summed E-state index contributed by atoms with van der Waals surface area (Å²) in [5, 5.41) is 3.32. The Morgan fingerprint density at radius 3 is 2.80 bits per heavy atom. The molecule has 0 aromatic heterocycles. The number of piperidine rings is 1. The molecular weight excluding hydrogens is 250 g/mol. The van der Waals surface area contributed by atoms with Crippen molar-refractivity contribution < 1.29 is 4.79 Å². The van der Waals surface area contributed by atoms with Crippen LogP contribution >= 0.6 is 0 Å². The van der Waals surface area contributed by atoms with E-state index in [0.717, 1.165) is 38.9 Å². The van der Waals surface area contributed by atoms with Crippen molar-refractivity contribution in [1.82, 2.24) is 10.2 Å². The molecule has 0 saturated carbocycles. The van der Waals surface area contributed by atoms with E-state index >= 15 is 0 Å². The van der Waals surface area contributed by atoms with Gasteiger partial charge in [0.15, 0.2) is 0 Å². The van der Waals surface area contributed by atoms with Crippen LogP contribution in [0, 0.1) is 5.92 Å². The maximum atomic E-state index is 12.7. The molecule has 1 fully saturated rings. The Hall–Kier alpha value is -1.39. The first-order valence-corrected chi connectivity index (χ1v) is 7.54. The second kappa shape index (κ2) is 8.02. The van der Waals surface area contributed by atoms with E-state index in [9.17, 15) is 4.79 Å². The predicted molar refractivity (Wildman–Crippen MR) is 81.1 cm³/mol. The molecule has 4 nitrogen and oxygen atoms in total. The fraction of sp³-hybridized carbons (Fsp3) is 0.562. The third kappa shape index (κ3) is 4.32. The lowest BCUT2D eigenvalue weighted by Gasteiger charge is -2.30. The van der Waals surface area contributed by atoms with Gasteiger partial charge in [-0.1, -0.05) is 30.3 Å². The molecule has 20 heavy (non-hydrogen) atoms. The van der Waals surface area contributed by atoms with Crippen LogP contribution in [0.3, 0.4) is 0 Å². The summed E-state index contributed by atoms with van der Waals surface area (Å²) in [5.74, 6) is 0.403. The van der Waals surface area contributed by atoms with E-state index in [1.54, 1.807) is 0 Å². The highest BCUT2D eigenvalue weighted by molar-refractivity contribution is 5.79. The molecule has 0 radical (unpaired) electrons. The summed E-state index contributed by atoms with van der Waals surface area (Å²) in [5.41, 5.74) is 6.78. The highest BCUT2D eigenvalue weighted by Gasteiger charge is 2.25. The number of carbonyl (C=O) groups excluding carboxylic acids is 1.